The second-order valence-electron chi connectivity index (χ2n) is 2.89. The van der Waals surface area contributed by atoms with Crippen molar-refractivity contribution >= 4 is 13.4 Å². The predicted molar refractivity (Wildman–Crippen MR) is 49.5 cm³/mol. The van der Waals surface area contributed by atoms with Gasteiger partial charge in [-0.05, 0) is 12.5 Å². The first kappa shape index (κ1) is 10.5. The summed E-state index contributed by atoms with van der Waals surface area (Å²) in [5, 5.41) is 28.9. The molecule has 0 aromatic rings. The van der Waals surface area contributed by atoms with E-state index in [4.69, 9.17) is 21.1 Å². The Labute approximate surface area is 81.0 Å². The zero-order valence-electron chi connectivity index (χ0n) is 7.27. The smallest absolute Gasteiger partial charge is 0.320 e. The molecule has 75 valence electrons. The Bertz CT molecular complexity index is 313. The highest BCUT2D eigenvalue weighted by atomic mass is 16.4. The number of rotatable bonds is 3. The van der Waals surface area contributed by atoms with Gasteiger partial charge in [0.05, 0.1) is 0 Å². The number of carboxylic acids is 1. The number of hydrogen-bond acceptors (Lipinski definition) is 5. The van der Waals surface area contributed by atoms with Gasteiger partial charge in [-0.3, -0.25) is 4.79 Å². The maximum absolute atomic E-state index is 10.4. The monoisotopic (exact) mass is 197 g/mol. The van der Waals surface area contributed by atoms with E-state index in [0.29, 0.717) is 5.47 Å². The average molecular weight is 197 g/mol. The first-order valence-electron chi connectivity index (χ1n) is 3.91. The van der Waals surface area contributed by atoms with E-state index in [1.165, 1.54) is 13.5 Å². The molecule has 0 aromatic carbocycles. The van der Waals surface area contributed by atoms with E-state index in [9.17, 15) is 4.79 Å². The molecule has 0 aliphatic carbocycles. The molecule has 0 saturated heterocycles. The van der Waals surface area contributed by atoms with Gasteiger partial charge in [0.2, 0.25) is 5.88 Å². The molecule has 0 aromatic heterocycles. The minimum atomic E-state index is -1.11. The molecule has 1 radical (unpaired) electrons. The predicted octanol–water partition coefficient (Wildman–Crippen LogP) is -0.820. The summed E-state index contributed by atoms with van der Waals surface area (Å²) in [6, 6.07) is -1.02. The molecule has 14 heavy (non-hydrogen) atoms. The molecule has 0 saturated carbocycles. The molecule has 0 spiro atoms. The Morgan fingerprint density at radius 2 is 2.29 bits per heavy atom. The fraction of sp³-hybridized carbons (Fsp3) is 0.286. The zero-order valence-corrected chi connectivity index (χ0v) is 7.27. The molecule has 0 bridgehead atoms. The van der Waals surface area contributed by atoms with Crippen LogP contribution < -0.4 is 11.0 Å². The lowest BCUT2D eigenvalue weighted by molar-refractivity contribution is -0.138. The quantitative estimate of drug-likeness (QED) is 0.377. The lowest BCUT2D eigenvalue weighted by Gasteiger charge is -2.15. The van der Waals surface area contributed by atoms with Gasteiger partial charge in [0.15, 0.2) is 5.76 Å². The highest BCUT2D eigenvalue weighted by Gasteiger charge is 2.18. The third-order valence-electron chi connectivity index (χ3n) is 1.73. The summed E-state index contributed by atoms with van der Waals surface area (Å²) in [6.07, 6.45) is 1.34. The maximum atomic E-state index is 10.4. The van der Waals surface area contributed by atoms with Crippen molar-refractivity contribution in [2.45, 2.75) is 12.5 Å². The molecule has 0 amide bonds. The van der Waals surface area contributed by atoms with Crippen molar-refractivity contribution in [1.29, 1.82) is 0 Å². The second kappa shape index (κ2) is 4.06. The van der Waals surface area contributed by atoms with Crippen LogP contribution in [0.4, 0.5) is 0 Å². The number of aliphatic carboxylic acids is 1. The highest BCUT2D eigenvalue weighted by Crippen LogP contribution is 2.11. The normalized spacial score (nSPS) is 17.9. The average Bonchev–Trinajstić information content (AvgIpc) is 2.11. The second-order valence-corrected chi connectivity index (χ2v) is 2.89. The summed E-state index contributed by atoms with van der Waals surface area (Å²) in [5.41, 5.74) is 5.79. The van der Waals surface area contributed by atoms with E-state index >= 15 is 0 Å². The summed E-state index contributed by atoms with van der Waals surface area (Å²) >= 11 is 0. The third kappa shape index (κ3) is 2.43. The van der Waals surface area contributed by atoms with Crippen LogP contribution in [-0.4, -0.2) is 34.7 Å². The summed E-state index contributed by atoms with van der Waals surface area (Å²) in [5.74, 6) is -1.81. The third-order valence-corrected chi connectivity index (χ3v) is 1.73. The number of allylic oxidation sites excluding steroid dienone is 1. The summed E-state index contributed by atoms with van der Waals surface area (Å²) < 4.78 is 0. The van der Waals surface area contributed by atoms with E-state index in [1.807, 2.05) is 0 Å². The van der Waals surface area contributed by atoms with Crippen molar-refractivity contribution in [3.8, 4) is 0 Å². The number of carboxylic acid groups (broad SMARTS) is 1. The summed E-state index contributed by atoms with van der Waals surface area (Å²) in [4.78, 5) is 10.4. The fourth-order valence-electron chi connectivity index (χ4n) is 0.980. The van der Waals surface area contributed by atoms with Crippen LogP contribution >= 0.6 is 0 Å². The fourth-order valence-corrected chi connectivity index (χ4v) is 0.980. The van der Waals surface area contributed by atoms with Crippen molar-refractivity contribution in [2.24, 2.45) is 5.73 Å². The number of aliphatic hydroxyl groups is 2. The Kier molecular flexibility index (Phi) is 3.03. The highest BCUT2D eigenvalue weighted by molar-refractivity contribution is 6.43. The summed E-state index contributed by atoms with van der Waals surface area (Å²) in [7, 11) is 1.39. The van der Waals surface area contributed by atoms with Gasteiger partial charge >= 0.3 is 5.97 Å². The molecule has 0 fully saturated rings. The zero-order chi connectivity index (χ0) is 10.7. The number of carbonyl (C=O) groups is 1. The number of nitrogens with two attached hydrogens (primary N) is 1. The maximum Gasteiger partial charge on any atom is 0.320 e. The lowest BCUT2D eigenvalue weighted by atomic mass is 9.76. The van der Waals surface area contributed by atoms with Crippen LogP contribution in [0.3, 0.4) is 0 Å². The van der Waals surface area contributed by atoms with Crippen molar-refractivity contribution in [1.82, 2.24) is 5.23 Å². The van der Waals surface area contributed by atoms with Crippen molar-refractivity contribution < 1.29 is 20.1 Å². The minimum absolute atomic E-state index is 0.0830. The van der Waals surface area contributed by atoms with E-state index in [-0.39, 0.29) is 18.1 Å². The molecular weight excluding hydrogens is 187 g/mol. The molecule has 1 heterocycles. The van der Waals surface area contributed by atoms with E-state index in [2.05, 4.69) is 5.23 Å². The molecule has 1 aliphatic rings. The van der Waals surface area contributed by atoms with E-state index in [1.54, 1.807) is 0 Å². The number of aliphatic hydroxyl groups excluding tert-OH is 2. The standard InChI is InChI=1S/C7H10BN2O4/c9-4(7(13)14)1-3-2-5(11)6(12)10-8-3/h2,4,10-12H,1,9H2,(H,13,14). The molecule has 1 atom stereocenters. The van der Waals surface area contributed by atoms with Crippen molar-refractivity contribution in [2.75, 3.05) is 0 Å². The van der Waals surface area contributed by atoms with Crippen molar-refractivity contribution in [3.63, 3.8) is 0 Å². The van der Waals surface area contributed by atoms with Gasteiger partial charge in [0.1, 0.15) is 6.04 Å². The number of nitrogens with one attached hydrogen (secondary N) is 1. The first-order valence-corrected chi connectivity index (χ1v) is 3.91. The van der Waals surface area contributed by atoms with Crippen LogP contribution in [0.2, 0.25) is 0 Å². The van der Waals surface area contributed by atoms with Crippen LogP contribution in [0.5, 0.6) is 0 Å². The molecule has 6 nitrogen and oxygen atoms in total. The summed E-state index contributed by atoms with van der Waals surface area (Å²) in [6.45, 7) is 0. The Morgan fingerprint density at radius 1 is 1.64 bits per heavy atom. The lowest BCUT2D eigenvalue weighted by Crippen LogP contribution is -2.34. The Hall–Kier alpha value is -1.63. The Balaban J connectivity index is 2.64. The molecular formula is C7H10BN2O4. The van der Waals surface area contributed by atoms with Crippen LogP contribution in [0.1, 0.15) is 6.42 Å². The largest absolute Gasteiger partial charge is 0.503 e. The van der Waals surface area contributed by atoms with Gasteiger partial charge < -0.3 is 26.3 Å². The molecule has 1 unspecified atom stereocenters. The van der Waals surface area contributed by atoms with Gasteiger partial charge in [0.25, 0.3) is 7.41 Å². The minimum Gasteiger partial charge on any atom is -0.503 e. The van der Waals surface area contributed by atoms with Gasteiger partial charge in [-0.15, -0.1) is 0 Å². The van der Waals surface area contributed by atoms with Gasteiger partial charge in [-0.25, -0.2) is 0 Å². The van der Waals surface area contributed by atoms with Crippen LogP contribution in [0, 0.1) is 0 Å². The number of hydrogen-bond donors (Lipinski definition) is 5. The van der Waals surface area contributed by atoms with Gasteiger partial charge in [0, 0.05) is 0 Å². The van der Waals surface area contributed by atoms with Crippen LogP contribution in [0.15, 0.2) is 23.2 Å². The van der Waals surface area contributed by atoms with Crippen molar-refractivity contribution in [3.05, 3.63) is 23.2 Å². The SMILES string of the molecule is NC(CC1=CC(O)=C(O)N[B]1)C(=O)O. The topological polar surface area (TPSA) is 116 Å². The first-order chi connectivity index (χ1) is 6.50. The molecule has 7 heteroatoms. The Morgan fingerprint density at radius 3 is 2.79 bits per heavy atom. The van der Waals surface area contributed by atoms with Gasteiger partial charge in [-0.2, -0.15) is 0 Å². The van der Waals surface area contributed by atoms with Gasteiger partial charge in [-0.1, -0.05) is 5.47 Å². The molecule has 1 rings (SSSR count). The van der Waals surface area contributed by atoms with E-state index in [0.717, 1.165) is 0 Å². The van der Waals surface area contributed by atoms with Crippen LogP contribution in [0.25, 0.3) is 0 Å². The van der Waals surface area contributed by atoms with Crippen LogP contribution in [-0.2, 0) is 4.79 Å². The molecule has 1 aliphatic heterocycles. The van der Waals surface area contributed by atoms with E-state index < -0.39 is 12.0 Å². The molecule has 6 N–H and O–H groups in total.